The number of anilines is 1. The van der Waals surface area contributed by atoms with Crippen LogP contribution in [0.25, 0.3) is 0 Å². The fraction of sp³-hybridized carbons (Fsp3) is 0.304. The van der Waals surface area contributed by atoms with Crippen molar-refractivity contribution in [3.8, 4) is 5.75 Å². The van der Waals surface area contributed by atoms with E-state index in [1.165, 1.54) is 0 Å². The molecular formula is C23H25ClN4O2. The highest BCUT2D eigenvalue weighted by Crippen LogP contribution is 2.45. The van der Waals surface area contributed by atoms with E-state index in [2.05, 4.69) is 19.9 Å². The SMILES string of the molecule is C/N=C/c1ccc2c(c1)C(N(Cc1ncc[nH]1)c1ccc(Cl)cc1)C(O)C(C)(C)O2. The Morgan fingerprint density at radius 2 is 2.03 bits per heavy atom. The second-order valence-electron chi connectivity index (χ2n) is 7.92. The number of aromatic nitrogens is 2. The van der Waals surface area contributed by atoms with Gasteiger partial charge in [-0.2, -0.15) is 0 Å². The van der Waals surface area contributed by atoms with Crippen molar-refractivity contribution in [1.82, 2.24) is 9.97 Å². The predicted octanol–water partition coefficient (Wildman–Crippen LogP) is 4.39. The lowest BCUT2D eigenvalue weighted by molar-refractivity contribution is -0.0590. The van der Waals surface area contributed by atoms with E-state index in [1.807, 2.05) is 56.3 Å². The van der Waals surface area contributed by atoms with Gasteiger partial charge in [-0.05, 0) is 61.9 Å². The number of halogens is 1. The number of hydrogen-bond acceptors (Lipinski definition) is 5. The van der Waals surface area contributed by atoms with Crippen LogP contribution in [0.3, 0.4) is 0 Å². The topological polar surface area (TPSA) is 73.7 Å². The molecule has 1 aliphatic rings. The molecule has 2 N–H and O–H groups in total. The number of aromatic amines is 1. The third-order valence-electron chi connectivity index (χ3n) is 5.38. The van der Waals surface area contributed by atoms with Crippen LogP contribution in [0.4, 0.5) is 5.69 Å². The molecule has 2 unspecified atom stereocenters. The van der Waals surface area contributed by atoms with Crippen LogP contribution in [-0.2, 0) is 6.54 Å². The summed E-state index contributed by atoms with van der Waals surface area (Å²) in [6.45, 7) is 4.29. The molecule has 3 aromatic rings. The zero-order valence-corrected chi connectivity index (χ0v) is 18.0. The van der Waals surface area contributed by atoms with E-state index < -0.39 is 11.7 Å². The highest BCUT2D eigenvalue weighted by molar-refractivity contribution is 6.30. The molecule has 156 valence electrons. The van der Waals surface area contributed by atoms with Crippen molar-refractivity contribution in [3.63, 3.8) is 0 Å². The molecular weight excluding hydrogens is 400 g/mol. The molecule has 0 amide bonds. The fourth-order valence-electron chi connectivity index (χ4n) is 3.88. The van der Waals surface area contributed by atoms with Gasteiger partial charge in [0.25, 0.3) is 0 Å². The van der Waals surface area contributed by atoms with Gasteiger partial charge >= 0.3 is 0 Å². The summed E-state index contributed by atoms with van der Waals surface area (Å²) in [6.07, 6.45) is 4.53. The number of ether oxygens (including phenoxy) is 1. The number of aliphatic hydroxyl groups excluding tert-OH is 1. The van der Waals surface area contributed by atoms with Crippen LogP contribution in [0.2, 0.25) is 5.02 Å². The first-order valence-electron chi connectivity index (χ1n) is 9.83. The molecule has 2 atom stereocenters. The average Bonchev–Trinajstić information content (AvgIpc) is 3.22. The third-order valence-corrected chi connectivity index (χ3v) is 5.64. The van der Waals surface area contributed by atoms with E-state index in [4.69, 9.17) is 16.3 Å². The minimum absolute atomic E-state index is 0.361. The minimum atomic E-state index is -0.788. The van der Waals surface area contributed by atoms with Gasteiger partial charge in [0.15, 0.2) is 0 Å². The molecule has 6 nitrogen and oxygen atoms in total. The maximum absolute atomic E-state index is 11.4. The lowest BCUT2D eigenvalue weighted by Crippen LogP contribution is -2.53. The number of aliphatic hydroxyl groups is 1. The number of H-pyrrole nitrogens is 1. The molecule has 1 aliphatic heterocycles. The normalized spacial score (nSPS) is 20.0. The molecule has 0 bridgehead atoms. The van der Waals surface area contributed by atoms with Gasteiger partial charge < -0.3 is 19.7 Å². The Labute approximate surface area is 181 Å². The minimum Gasteiger partial charge on any atom is -0.485 e. The van der Waals surface area contributed by atoms with Crippen LogP contribution in [-0.4, -0.2) is 40.0 Å². The van der Waals surface area contributed by atoms with Crippen LogP contribution in [0.5, 0.6) is 5.75 Å². The van der Waals surface area contributed by atoms with Gasteiger partial charge in [-0.3, -0.25) is 4.99 Å². The Hall–Kier alpha value is -2.83. The summed E-state index contributed by atoms with van der Waals surface area (Å²) in [7, 11) is 1.74. The van der Waals surface area contributed by atoms with E-state index >= 15 is 0 Å². The lowest BCUT2D eigenvalue weighted by atomic mass is 9.84. The summed E-state index contributed by atoms with van der Waals surface area (Å²) in [4.78, 5) is 13.8. The number of aliphatic imine (C=N–C) groups is 1. The quantitative estimate of drug-likeness (QED) is 0.595. The number of fused-ring (bicyclic) bond motifs is 1. The summed E-state index contributed by atoms with van der Waals surface area (Å²) in [5, 5.41) is 12.1. The summed E-state index contributed by atoms with van der Waals surface area (Å²) in [5.74, 6) is 1.55. The zero-order chi connectivity index (χ0) is 21.3. The largest absolute Gasteiger partial charge is 0.485 e. The Balaban J connectivity index is 1.87. The van der Waals surface area contributed by atoms with Gasteiger partial charge in [-0.15, -0.1) is 0 Å². The van der Waals surface area contributed by atoms with Crippen molar-refractivity contribution in [2.24, 2.45) is 4.99 Å². The van der Waals surface area contributed by atoms with Gasteiger partial charge in [0.2, 0.25) is 0 Å². The maximum atomic E-state index is 11.4. The van der Waals surface area contributed by atoms with Crippen molar-refractivity contribution in [2.75, 3.05) is 11.9 Å². The zero-order valence-electron chi connectivity index (χ0n) is 17.2. The van der Waals surface area contributed by atoms with Crippen LogP contribution >= 0.6 is 11.6 Å². The molecule has 30 heavy (non-hydrogen) atoms. The van der Waals surface area contributed by atoms with Crippen LogP contribution < -0.4 is 9.64 Å². The van der Waals surface area contributed by atoms with Gasteiger partial charge in [0.1, 0.15) is 23.3 Å². The van der Waals surface area contributed by atoms with E-state index in [0.717, 1.165) is 28.4 Å². The molecule has 0 saturated carbocycles. The summed E-state index contributed by atoms with van der Waals surface area (Å²) >= 11 is 6.13. The molecule has 0 spiro atoms. The lowest BCUT2D eigenvalue weighted by Gasteiger charge is -2.47. The first-order chi connectivity index (χ1) is 14.4. The molecule has 1 aromatic heterocycles. The van der Waals surface area contributed by atoms with E-state index in [1.54, 1.807) is 25.7 Å². The van der Waals surface area contributed by atoms with Crippen molar-refractivity contribution in [3.05, 3.63) is 76.8 Å². The Morgan fingerprint density at radius 3 is 2.70 bits per heavy atom. The van der Waals surface area contributed by atoms with E-state index in [9.17, 15) is 5.11 Å². The highest BCUT2D eigenvalue weighted by Gasteiger charge is 2.45. The third kappa shape index (κ3) is 3.93. The van der Waals surface area contributed by atoms with E-state index in [-0.39, 0.29) is 6.04 Å². The molecule has 2 aromatic carbocycles. The first kappa shape index (κ1) is 20.4. The summed E-state index contributed by atoms with van der Waals surface area (Å²) < 4.78 is 6.17. The molecule has 0 radical (unpaired) electrons. The van der Waals surface area contributed by atoms with Gasteiger partial charge in [0.05, 0.1) is 12.6 Å². The summed E-state index contributed by atoms with van der Waals surface area (Å²) in [5.41, 5.74) is 2.01. The molecule has 0 aliphatic carbocycles. The van der Waals surface area contributed by atoms with Crippen molar-refractivity contribution in [2.45, 2.75) is 38.1 Å². The predicted molar refractivity (Wildman–Crippen MR) is 120 cm³/mol. The Kier molecular flexibility index (Phi) is 5.54. The average molecular weight is 425 g/mol. The summed E-state index contributed by atoms with van der Waals surface area (Å²) in [6, 6.07) is 13.2. The second kappa shape index (κ2) is 8.13. The van der Waals surface area contributed by atoms with Gasteiger partial charge in [0, 0.05) is 41.9 Å². The number of imidazole rings is 1. The van der Waals surface area contributed by atoms with Crippen molar-refractivity contribution >= 4 is 23.5 Å². The van der Waals surface area contributed by atoms with E-state index in [0.29, 0.717) is 11.6 Å². The molecule has 0 saturated heterocycles. The monoisotopic (exact) mass is 424 g/mol. The highest BCUT2D eigenvalue weighted by atomic mass is 35.5. The number of nitrogens with zero attached hydrogens (tertiary/aromatic N) is 3. The molecule has 0 fully saturated rings. The van der Waals surface area contributed by atoms with Crippen LogP contribution in [0.1, 0.15) is 36.8 Å². The van der Waals surface area contributed by atoms with Gasteiger partial charge in [-0.1, -0.05) is 11.6 Å². The molecule has 7 heteroatoms. The number of rotatable bonds is 5. The smallest absolute Gasteiger partial charge is 0.132 e. The Morgan fingerprint density at radius 1 is 1.27 bits per heavy atom. The Bertz CT molecular complexity index is 1030. The first-order valence-corrected chi connectivity index (χ1v) is 10.2. The van der Waals surface area contributed by atoms with Crippen LogP contribution in [0, 0.1) is 0 Å². The maximum Gasteiger partial charge on any atom is 0.132 e. The van der Waals surface area contributed by atoms with Gasteiger partial charge in [-0.25, -0.2) is 4.98 Å². The number of nitrogens with one attached hydrogen (secondary N) is 1. The molecule has 4 rings (SSSR count). The van der Waals surface area contributed by atoms with Crippen molar-refractivity contribution < 1.29 is 9.84 Å². The number of hydrogen-bond donors (Lipinski definition) is 2. The molecule has 2 heterocycles. The number of benzene rings is 2. The fourth-order valence-corrected chi connectivity index (χ4v) is 4.01. The van der Waals surface area contributed by atoms with Crippen LogP contribution in [0.15, 0.2) is 59.9 Å². The van der Waals surface area contributed by atoms with Crippen molar-refractivity contribution in [1.29, 1.82) is 0 Å². The second-order valence-corrected chi connectivity index (χ2v) is 8.36. The standard InChI is InChI=1S/C23H25ClN4O2/c1-23(2)22(29)21(18-12-15(13-25-3)4-9-19(18)30-23)28(14-20-26-10-11-27-20)17-7-5-16(24)6-8-17/h4-13,21-22,29H,14H2,1-3H3,(H,26,27)/b25-13+.